The first-order chi connectivity index (χ1) is 33.1. The van der Waals surface area contributed by atoms with Crippen molar-refractivity contribution < 1.29 is 4.42 Å². The molecule has 0 amide bonds. The second kappa shape index (κ2) is 14.7. The minimum atomic E-state index is -0.176. The zero-order valence-electron chi connectivity index (χ0n) is 36.8. The van der Waals surface area contributed by atoms with E-state index in [-0.39, 0.29) is 12.0 Å². The normalized spacial score (nSPS) is 15.7. The monoisotopic (exact) mass is 858 g/mol. The van der Waals surface area contributed by atoms with Gasteiger partial charge in [-0.2, -0.15) is 0 Å². The van der Waals surface area contributed by atoms with E-state index in [4.69, 9.17) is 14.4 Å². The highest BCUT2D eigenvalue weighted by Gasteiger charge is 2.31. The third-order valence-corrected chi connectivity index (χ3v) is 14.2. The Balaban J connectivity index is 1.07. The summed E-state index contributed by atoms with van der Waals surface area (Å²) < 4.78 is 11.9. The topological polar surface area (TPSA) is 47.7 Å². The molecule has 0 N–H and O–H groups in total. The Morgan fingerprint density at radius 1 is 0.448 bits per heavy atom. The van der Waals surface area contributed by atoms with Gasteiger partial charge in [-0.1, -0.05) is 171 Å². The third kappa shape index (κ3) is 5.87. The van der Waals surface area contributed by atoms with Crippen LogP contribution in [-0.2, 0) is 0 Å². The molecule has 3 aromatic heterocycles. The minimum Gasteiger partial charge on any atom is -0.454 e. The smallest absolute Gasteiger partial charge is 0.230 e. The molecule has 0 saturated carbocycles. The molecule has 0 bridgehead atoms. The predicted molar refractivity (Wildman–Crippen MR) is 280 cm³/mol. The molecule has 0 fully saturated rings. The summed E-state index contributed by atoms with van der Waals surface area (Å²) in [5, 5.41) is 11.7. The quantitative estimate of drug-likeness (QED) is 0.174. The molecule has 2 unspecified atom stereocenters. The van der Waals surface area contributed by atoms with E-state index < -0.39 is 0 Å². The van der Waals surface area contributed by atoms with Gasteiger partial charge in [0.15, 0.2) is 5.58 Å². The molecule has 2 atom stereocenters. The number of aliphatic imine (C=N–C) groups is 2. The molecule has 0 spiro atoms. The average molecular weight is 859 g/mol. The van der Waals surface area contributed by atoms with Gasteiger partial charge in [0, 0.05) is 37.9 Å². The van der Waals surface area contributed by atoms with Gasteiger partial charge in [-0.05, 0) is 99.1 Å². The number of benzene rings is 10. The van der Waals surface area contributed by atoms with E-state index in [0.29, 0.717) is 12.4 Å². The number of nitrogens with zero attached hydrogens (tertiary/aromatic N) is 4. The predicted octanol–water partition coefficient (Wildman–Crippen LogP) is 16.2. The molecule has 316 valence electrons. The van der Waals surface area contributed by atoms with Crippen molar-refractivity contribution in [2.24, 2.45) is 15.9 Å². The summed E-state index contributed by atoms with van der Waals surface area (Å²) in [4.78, 5) is 11.6. The number of fused-ring (bicyclic) bond motifs is 11. The molecular weight excluding hydrogens is 817 g/mol. The molecule has 0 saturated heterocycles. The Labute approximate surface area is 386 Å². The Hall–Kier alpha value is -8.54. The maximum Gasteiger partial charge on any atom is 0.230 e. The molecular formula is C62H42N4O. The van der Waals surface area contributed by atoms with Gasteiger partial charge in [-0.25, -0.2) is 9.98 Å². The zero-order chi connectivity index (χ0) is 44.2. The largest absolute Gasteiger partial charge is 0.454 e. The van der Waals surface area contributed by atoms with Gasteiger partial charge >= 0.3 is 0 Å². The van der Waals surface area contributed by atoms with Crippen LogP contribution in [-0.4, -0.2) is 20.8 Å². The summed E-state index contributed by atoms with van der Waals surface area (Å²) in [5.74, 6) is 0.751. The molecule has 67 heavy (non-hydrogen) atoms. The Morgan fingerprint density at radius 3 is 1.63 bits per heavy atom. The van der Waals surface area contributed by atoms with Crippen molar-refractivity contribution in [3.8, 4) is 16.8 Å². The van der Waals surface area contributed by atoms with Gasteiger partial charge in [0.05, 0.1) is 39.5 Å². The maximum atomic E-state index is 7.11. The van der Waals surface area contributed by atoms with Gasteiger partial charge < -0.3 is 8.98 Å². The number of furan rings is 1. The van der Waals surface area contributed by atoms with Gasteiger partial charge in [0.25, 0.3) is 0 Å². The highest BCUT2D eigenvalue weighted by Crippen LogP contribution is 2.44. The van der Waals surface area contributed by atoms with Gasteiger partial charge in [-0.15, -0.1) is 0 Å². The van der Waals surface area contributed by atoms with Crippen molar-refractivity contribution in [1.82, 2.24) is 9.13 Å². The van der Waals surface area contributed by atoms with E-state index in [0.717, 1.165) is 66.5 Å². The first-order valence-electron chi connectivity index (χ1n) is 23.2. The van der Waals surface area contributed by atoms with Crippen molar-refractivity contribution in [2.75, 3.05) is 0 Å². The van der Waals surface area contributed by atoms with E-state index >= 15 is 0 Å². The molecule has 0 aliphatic carbocycles. The number of para-hydroxylation sites is 3. The van der Waals surface area contributed by atoms with Gasteiger partial charge in [-0.3, -0.25) is 4.57 Å². The van der Waals surface area contributed by atoms with Crippen LogP contribution in [0.5, 0.6) is 0 Å². The number of hydrogen-bond acceptors (Lipinski definition) is 3. The van der Waals surface area contributed by atoms with Crippen molar-refractivity contribution in [3.63, 3.8) is 0 Å². The lowest BCUT2D eigenvalue weighted by Gasteiger charge is -2.21. The number of hydrogen-bond donors (Lipinski definition) is 0. The Bertz CT molecular complexity index is 4060. The van der Waals surface area contributed by atoms with Crippen LogP contribution in [0.3, 0.4) is 0 Å². The fourth-order valence-corrected chi connectivity index (χ4v) is 11.0. The van der Waals surface area contributed by atoms with Crippen LogP contribution < -0.4 is 0 Å². The van der Waals surface area contributed by atoms with Crippen molar-refractivity contribution in [2.45, 2.75) is 19.4 Å². The van der Waals surface area contributed by atoms with Crippen LogP contribution in [0, 0.1) is 5.92 Å². The standard InChI is InChI=1S/C62H42N4O/c1-38-33-53(63-62(66-54-24-12-9-21-46(54)47-22-10-13-25-55(47)66)64-59(38)41-29-27-40(28-30-41)39-15-3-2-4-16-39)50-32-31-49-48-23-11-14-26-58(48)67-61(49)60(50)65-56-36-44-19-7-5-17-42(44)34-51(56)52-35-43-18-6-8-20-45(43)37-57(52)65/h2-32,34-38,59H,33H2,1H3. The molecule has 14 rings (SSSR count). The van der Waals surface area contributed by atoms with Crippen LogP contribution in [0.25, 0.3) is 104 Å². The fraction of sp³-hybridized carbons (Fsp3) is 0.0645. The van der Waals surface area contributed by atoms with E-state index in [2.05, 4.69) is 228 Å². The Kier molecular flexibility index (Phi) is 8.32. The van der Waals surface area contributed by atoms with Crippen LogP contribution in [0.15, 0.2) is 227 Å². The van der Waals surface area contributed by atoms with Crippen molar-refractivity contribution in [1.29, 1.82) is 0 Å². The second-order valence-corrected chi connectivity index (χ2v) is 18.2. The van der Waals surface area contributed by atoms with Crippen molar-refractivity contribution >= 4 is 98.8 Å². The molecule has 10 aromatic carbocycles. The van der Waals surface area contributed by atoms with E-state index in [1.165, 1.54) is 54.2 Å². The van der Waals surface area contributed by atoms with Crippen LogP contribution in [0.1, 0.15) is 30.5 Å². The SMILES string of the molecule is CC1CC(c2ccc3c(oc4ccccc43)c2-n2c3cc4ccccc4cc3c3cc4ccccc4cc32)=NC(n2c3ccccc3c3ccccc32)=NC1c1ccc(-c2ccccc2)cc1. The second-order valence-electron chi connectivity index (χ2n) is 18.2. The van der Waals surface area contributed by atoms with E-state index in [9.17, 15) is 0 Å². The van der Waals surface area contributed by atoms with E-state index in [1.54, 1.807) is 0 Å². The summed E-state index contributed by atoms with van der Waals surface area (Å²) in [6, 6.07) is 76.5. The van der Waals surface area contributed by atoms with Gasteiger partial charge in [0.1, 0.15) is 5.58 Å². The summed E-state index contributed by atoms with van der Waals surface area (Å²) in [7, 11) is 0. The number of rotatable bonds is 4. The van der Waals surface area contributed by atoms with Crippen LogP contribution in [0.2, 0.25) is 0 Å². The first kappa shape index (κ1) is 37.8. The van der Waals surface area contributed by atoms with Crippen LogP contribution in [0.4, 0.5) is 0 Å². The Morgan fingerprint density at radius 2 is 0.985 bits per heavy atom. The van der Waals surface area contributed by atoms with E-state index in [1.807, 2.05) is 0 Å². The fourth-order valence-electron chi connectivity index (χ4n) is 11.0. The van der Waals surface area contributed by atoms with Crippen molar-refractivity contribution in [3.05, 3.63) is 223 Å². The lowest BCUT2D eigenvalue weighted by molar-refractivity contribution is 0.492. The highest BCUT2D eigenvalue weighted by atomic mass is 16.3. The first-order valence-corrected chi connectivity index (χ1v) is 23.2. The molecule has 5 heteroatoms. The zero-order valence-corrected chi connectivity index (χ0v) is 36.8. The third-order valence-electron chi connectivity index (χ3n) is 14.2. The lowest BCUT2D eigenvalue weighted by atomic mass is 9.88. The maximum absolute atomic E-state index is 7.11. The lowest BCUT2D eigenvalue weighted by Crippen LogP contribution is -2.15. The minimum absolute atomic E-state index is 0.0807. The highest BCUT2D eigenvalue weighted by molar-refractivity contribution is 6.22. The molecule has 4 heterocycles. The summed E-state index contributed by atoms with van der Waals surface area (Å²) in [5.41, 5.74) is 12.6. The van der Waals surface area contributed by atoms with Gasteiger partial charge in [0.2, 0.25) is 5.96 Å². The average Bonchev–Trinajstić information content (AvgIpc) is 3.99. The summed E-state index contributed by atoms with van der Waals surface area (Å²) >= 11 is 0. The molecule has 13 aromatic rings. The summed E-state index contributed by atoms with van der Waals surface area (Å²) in [6.07, 6.45) is 0.678. The number of aromatic nitrogens is 2. The van der Waals surface area contributed by atoms with Crippen LogP contribution >= 0.6 is 0 Å². The molecule has 1 aliphatic heterocycles. The molecule has 0 radical (unpaired) electrons. The summed E-state index contributed by atoms with van der Waals surface area (Å²) in [6.45, 7) is 2.34. The molecule has 1 aliphatic rings. The molecule has 5 nitrogen and oxygen atoms in total.